The van der Waals surface area contributed by atoms with E-state index in [1.54, 1.807) is 0 Å². The van der Waals surface area contributed by atoms with Crippen molar-refractivity contribution in [3.63, 3.8) is 0 Å². The Hall–Kier alpha value is -1.31. The van der Waals surface area contributed by atoms with Crippen molar-refractivity contribution in [2.24, 2.45) is 11.7 Å². The molecule has 1 aliphatic heterocycles. The summed E-state index contributed by atoms with van der Waals surface area (Å²) in [6.45, 7) is 1.78. The Bertz CT molecular complexity index is 776. The van der Waals surface area contributed by atoms with Gasteiger partial charge in [0.05, 0.1) is 21.2 Å². The van der Waals surface area contributed by atoms with Gasteiger partial charge in [-0.25, -0.2) is 4.98 Å². The summed E-state index contributed by atoms with van der Waals surface area (Å²) in [6, 6.07) is 0.172. The minimum atomic E-state index is 0. The van der Waals surface area contributed by atoms with Gasteiger partial charge in [-0.15, -0.1) is 12.4 Å². The van der Waals surface area contributed by atoms with E-state index in [9.17, 15) is 4.79 Å². The van der Waals surface area contributed by atoms with E-state index in [1.165, 1.54) is 0 Å². The zero-order valence-electron chi connectivity index (χ0n) is 13.9. The number of halogens is 2. The molecule has 1 amide bonds. The molecule has 4 N–H and O–H groups in total. The average Bonchev–Trinajstić information content (AvgIpc) is 3.35. The molecule has 3 heterocycles. The van der Waals surface area contributed by atoms with Crippen LogP contribution in [-0.2, 0) is 4.79 Å². The number of carbonyl (C=O) groups is 1. The van der Waals surface area contributed by atoms with Crippen molar-refractivity contribution in [3.8, 4) is 0 Å². The lowest BCUT2D eigenvalue weighted by molar-refractivity contribution is -0.117. The van der Waals surface area contributed by atoms with E-state index in [-0.39, 0.29) is 30.3 Å². The second kappa shape index (κ2) is 7.51. The van der Waals surface area contributed by atoms with Gasteiger partial charge in [0.15, 0.2) is 0 Å². The van der Waals surface area contributed by atoms with Gasteiger partial charge >= 0.3 is 0 Å². The van der Waals surface area contributed by atoms with Crippen LogP contribution in [0.15, 0.2) is 16.9 Å². The molecular formula is C17H23BrClN5O. The normalized spacial score (nSPS) is 20.9. The number of hydrogen-bond donors (Lipinski definition) is 3. The molecule has 0 bridgehead atoms. The smallest absolute Gasteiger partial charge is 0.227 e. The fourth-order valence-corrected chi connectivity index (χ4v) is 3.97. The molecule has 0 spiro atoms. The maximum atomic E-state index is 12.2. The Labute approximate surface area is 161 Å². The maximum absolute atomic E-state index is 12.2. The average molecular weight is 429 g/mol. The van der Waals surface area contributed by atoms with Crippen molar-refractivity contribution in [2.75, 3.05) is 23.3 Å². The Morgan fingerprint density at radius 3 is 2.92 bits per heavy atom. The Balaban J connectivity index is 0.00000182. The van der Waals surface area contributed by atoms with Gasteiger partial charge in [-0.05, 0) is 41.6 Å². The highest BCUT2D eigenvalue weighted by atomic mass is 79.9. The largest absolute Gasteiger partial charge is 0.368 e. The molecule has 136 valence electrons. The Morgan fingerprint density at radius 1 is 1.36 bits per heavy atom. The van der Waals surface area contributed by atoms with E-state index in [1.807, 2.05) is 12.4 Å². The second-order valence-electron chi connectivity index (χ2n) is 6.85. The molecule has 2 aromatic heterocycles. The molecule has 2 fully saturated rings. The van der Waals surface area contributed by atoms with Gasteiger partial charge in [-0.3, -0.25) is 4.79 Å². The molecule has 6 nitrogen and oxygen atoms in total. The molecule has 25 heavy (non-hydrogen) atoms. The van der Waals surface area contributed by atoms with Crippen LogP contribution in [0.3, 0.4) is 0 Å². The third kappa shape index (κ3) is 3.78. The summed E-state index contributed by atoms with van der Waals surface area (Å²) in [5.41, 5.74) is 8.92. The van der Waals surface area contributed by atoms with Gasteiger partial charge in [-0.1, -0.05) is 6.42 Å². The van der Waals surface area contributed by atoms with E-state index in [0.29, 0.717) is 0 Å². The van der Waals surface area contributed by atoms with Gasteiger partial charge in [0.25, 0.3) is 0 Å². The predicted octanol–water partition coefficient (Wildman–Crippen LogP) is 3.41. The van der Waals surface area contributed by atoms with E-state index in [0.717, 1.165) is 72.1 Å². The lowest BCUT2D eigenvalue weighted by Gasteiger charge is -2.27. The molecule has 0 radical (unpaired) electrons. The summed E-state index contributed by atoms with van der Waals surface area (Å²) in [5, 5.41) is 4.04. The highest BCUT2D eigenvalue weighted by molar-refractivity contribution is 9.10. The number of carbonyl (C=O) groups excluding carboxylic acids is 1. The monoisotopic (exact) mass is 427 g/mol. The molecule has 0 aromatic carbocycles. The number of H-pyrrole nitrogens is 1. The number of amides is 1. The first-order valence-corrected chi connectivity index (χ1v) is 9.39. The van der Waals surface area contributed by atoms with Gasteiger partial charge in [-0.2, -0.15) is 0 Å². The third-order valence-corrected chi connectivity index (χ3v) is 5.44. The number of fused-ring (bicyclic) bond motifs is 1. The predicted molar refractivity (Wildman–Crippen MR) is 106 cm³/mol. The lowest BCUT2D eigenvalue weighted by atomic mass is 10.1. The van der Waals surface area contributed by atoms with Crippen molar-refractivity contribution >= 4 is 56.7 Å². The molecule has 4 rings (SSSR count). The number of hydrogen-bond acceptors (Lipinski definition) is 4. The highest BCUT2D eigenvalue weighted by Gasteiger charge is 2.31. The van der Waals surface area contributed by atoms with Crippen LogP contribution in [-0.4, -0.2) is 35.0 Å². The number of aromatic amines is 1. The van der Waals surface area contributed by atoms with Gasteiger partial charge in [0.2, 0.25) is 5.91 Å². The molecule has 2 aromatic rings. The summed E-state index contributed by atoms with van der Waals surface area (Å²) in [5.74, 6) is 0.277. The highest BCUT2D eigenvalue weighted by Crippen LogP contribution is 2.39. The SMILES string of the molecule is Cl.NC1CCCCN(c2c(Br)cnc3[nH]cc(NC(=O)C4CC4)c23)C1. The summed E-state index contributed by atoms with van der Waals surface area (Å²) >= 11 is 3.65. The summed E-state index contributed by atoms with van der Waals surface area (Å²) < 4.78 is 0.936. The number of rotatable bonds is 3. The van der Waals surface area contributed by atoms with E-state index >= 15 is 0 Å². The molecule has 1 atom stereocenters. The summed E-state index contributed by atoms with van der Waals surface area (Å²) in [7, 11) is 0. The van der Waals surface area contributed by atoms with E-state index in [2.05, 4.69) is 36.1 Å². The van der Waals surface area contributed by atoms with Crippen LogP contribution in [0.1, 0.15) is 32.1 Å². The molecule has 1 saturated carbocycles. The lowest BCUT2D eigenvalue weighted by Crippen LogP contribution is -2.36. The van der Waals surface area contributed by atoms with Gasteiger partial charge in [0, 0.05) is 37.4 Å². The quantitative estimate of drug-likeness (QED) is 0.699. The van der Waals surface area contributed by atoms with Crippen LogP contribution < -0.4 is 16.0 Å². The number of anilines is 2. The fraction of sp³-hybridized carbons (Fsp3) is 0.529. The molecule has 1 unspecified atom stereocenters. The first-order chi connectivity index (χ1) is 11.6. The Kier molecular flexibility index (Phi) is 5.55. The maximum Gasteiger partial charge on any atom is 0.227 e. The number of nitrogens with two attached hydrogens (primary N) is 1. The van der Waals surface area contributed by atoms with Crippen LogP contribution in [0.25, 0.3) is 11.0 Å². The molecule has 1 saturated heterocycles. The molecular weight excluding hydrogens is 406 g/mol. The number of aromatic nitrogens is 2. The third-order valence-electron chi connectivity index (χ3n) is 4.86. The zero-order chi connectivity index (χ0) is 16.7. The first kappa shape index (κ1) is 18.5. The summed E-state index contributed by atoms with van der Waals surface area (Å²) in [4.78, 5) is 22.2. The zero-order valence-corrected chi connectivity index (χ0v) is 16.3. The Morgan fingerprint density at radius 2 is 2.16 bits per heavy atom. The minimum Gasteiger partial charge on any atom is -0.368 e. The minimum absolute atomic E-state index is 0. The van der Waals surface area contributed by atoms with Crippen LogP contribution in [0.2, 0.25) is 0 Å². The van der Waals surface area contributed by atoms with Crippen LogP contribution in [0.4, 0.5) is 11.4 Å². The van der Waals surface area contributed by atoms with Crippen LogP contribution in [0.5, 0.6) is 0 Å². The van der Waals surface area contributed by atoms with Crippen molar-refractivity contribution in [1.29, 1.82) is 0 Å². The standard InChI is InChI=1S/C17H22BrN5O.ClH/c18-12-7-20-16-14(13(8-21-16)22-17(24)10-4-5-10)15(12)23-6-2-1-3-11(19)9-23;/h7-8,10-11H,1-6,9,19H2,(H,20,21)(H,22,24);1H. The molecule has 1 aliphatic carbocycles. The first-order valence-electron chi connectivity index (χ1n) is 8.60. The van der Waals surface area contributed by atoms with Crippen molar-refractivity contribution in [3.05, 3.63) is 16.9 Å². The van der Waals surface area contributed by atoms with Crippen LogP contribution in [0, 0.1) is 5.92 Å². The topological polar surface area (TPSA) is 87.0 Å². The van der Waals surface area contributed by atoms with E-state index < -0.39 is 0 Å². The van der Waals surface area contributed by atoms with Gasteiger partial charge < -0.3 is 20.9 Å². The summed E-state index contributed by atoms with van der Waals surface area (Å²) in [6.07, 6.45) is 8.97. The molecule has 8 heteroatoms. The number of nitrogens with zero attached hydrogens (tertiary/aromatic N) is 2. The van der Waals surface area contributed by atoms with Gasteiger partial charge in [0.1, 0.15) is 5.65 Å². The van der Waals surface area contributed by atoms with Crippen molar-refractivity contribution in [2.45, 2.75) is 38.1 Å². The van der Waals surface area contributed by atoms with Crippen LogP contribution >= 0.6 is 28.3 Å². The number of nitrogens with one attached hydrogen (secondary N) is 2. The molecule has 2 aliphatic rings. The number of pyridine rings is 1. The fourth-order valence-electron chi connectivity index (χ4n) is 3.42. The van der Waals surface area contributed by atoms with Crippen molar-refractivity contribution in [1.82, 2.24) is 9.97 Å². The second-order valence-corrected chi connectivity index (χ2v) is 7.70. The van der Waals surface area contributed by atoms with E-state index in [4.69, 9.17) is 5.73 Å². The van der Waals surface area contributed by atoms with Crippen molar-refractivity contribution < 1.29 is 4.79 Å².